The van der Waals surface area contributed by atoms with Crippen molar-refractivity contribution in [3.05, 3.63) is 84.3 Å². The van der Waals surface area contributed by atoms with Crippen LogP contribution in [0.3, 0.4) is 0 Å². The van der Waals surface area contributed by atoms with Crippen molar-refractivity contribution >= 4 is 45.1 Å². The van der Waals surface area contributed by atoms with Crippen LogP contribution in [0.5, 0.6) is 5.75 Å². The van der Waals surface area contributed by atoms with E-state index in [2.05, 4.69) is 15.3 Å². The van der Waals surface area contributed by atoms with Gasteiger partial charge >= 0.3 is 5.97 Å². The van der Waals surface area contributed by atoms with Crippen molar-refractivity contribution in [1.82, 2.24) is 19.9 Å². The highest BCUT2D eigenvalue weighted by Gasteiger charge is 2.40. The van der Waals surface area contributed by atoms with Crippen LogP contribution in [0.2, 0.25) is 0 Å². The Morgan fingerprint density at radius 2 is 1.71 bits per heavy atom. The molecular formula is C34H35N5O6. The molecule has 3 atom stereocenters. The third-order valence-corrected chi connectivity index (χ3v) is 7.95. The summed E-state index contributed by atoms with van der Waals surface area (Å²) in [6.07, 6.45) is 0.752. The fraction of sp³-hybridized carbons (Fsp3) is 0.265. The summed E-state index contributed by atoms with van der Waals surface area (Å²) in [5, 5.41) is 14.5. The molecule has 232 valence electrons. The number of ketones is 2. The van der Waals surface area contributed by atoms with Gasteiger partial charge < -0.3 is 30.4 Å². The predicted octanol–water partition coefficient (Wildman–Crippen LogP) is 4.17. The van der Waals surface area contributed by atoms with Crippen LogP contribution in [0.25, 0.3) is 33.1 Å². The highest BCUT2D eigenvalue weighted by molar-refractivity contribution is 6.12. The number of carboxylic acid groups (broad SMARTS) is 1. The smallest absolute Gasteiger partial charge is 0.305 e. The Labute approximate surface area is 259 Å². The number of carboxylic acids is 1. The van der Waals surface area contributed by atoms with Crippen molar-refractivity contribution in [3.63, 3.8) is 0 Å². The van der Waals surface area contributed by atoms with E-state index in [0.29, 0.717) is 22.5 Å². The van der Waals surface area contributed by atoms with E-state index in [1.54, 1.807) is 56.1 Å². The van der Waals surface area contributed by atoms with Crippen LogP contribution in [0.15, 0.2) is 73.1 Å². The van der Waals surface area contributed by atoms with Gasteiger partial charge in [0.15, 0.2) is 5.78 Å². The molecule has 3 aromatic carbocycles. The number of fused-ring (bicyclic) bond motifs is 2. The minimum absolute atomic E-state index is 0.201. The van der Waals surface area contributed by atoms with E-state index >= 15 is 0 Å². The first kappa shape index (κ1) is 31.1. The number of Topliss-reactive ketones (excluding diaryl/α,β-unsaturated/α-hetero) is 2. The molecule has 5 N–H and O–H groups in total. The number of aromatic amines is 1. The maximum Gasteiger partial charge on any atom is 0.305 e. The number of ether oxygens (including phenoxy) is 1. The van der Waals surface area contributed by atoms with Gasteiger partial charge in [-0.15, -0.1) is 0 Å². The zero-order valence-electron chi connectivity index (χ0n) is 25.4. The molecule has 11 nitrogen and oxygen atoms in total. The molecule has 0 aliphatic heterocycles. The number of aliphatic carboxylic acids is 1. The molecule has 2 aromatic heterocycles. The third kappa shape index (κ3) is 6.20. The molecule has 0 aliphatic rings. The van der Waals surface area contributed by atoms with E-state index in [-0.39, 0.29) is 5.75 Å². The monoisotopic (exact) mass is 609 g/mol. The number of nitrogens with zero attached hydrogens (tertiary/aromatic N) is 2. The van der Waals surface area contributed by atoms with E-state index < -0.39 is 54.0 Å². The van der Waals surface area contributed by atoms with Crippen LogP contribution in [-0.2, 0) is 21.4 Å². The quantitative estimate of drug-likeness (QED) is 0.153. The Kier molecular flexibility index (Phi) is 8.82. The Hall–Kier alpha value is -5.29. The number of imidazole rings is 1. The lowest BCUT2D eigenvalue weighted by Gasteiger charge is -2.27. The van der Waals surface area contributed by atoms with Crippen molar-refractivity contribution in [3.8, 4) is 17.1 Å². The van der Waals surface area contributed by atoms with Gasteiger partial charge in [-0.1, -0.05) is 56.3 Å². The average molecular weight is 610 g/mol. The molecule has 1 amide bonds. The lowest BCUT2D eigenvalue weighted by Crippen LogP contribution is -2.55. The second kappa shape index (κ2) is 12.7. The van der Waals surface area contributed by atoms with Crippen molar-refractivity contribution < 1.29 is 29.0 Å². The van der Waals surface area contributed by atoms with Gasteiger partial charge in [0.25, 0.3) is 5.91 Å². The number of aromatic nitrogens is 3. The van der Waals surface area contributed by atoms with E-state index in [1.807, 2.05) is 49.4 Å². The molecule has 0 radical (unpaired) electrons. The second-order valence-corrected chi connectivity index (χ2v) is 11.4. The summed E-state index contributed by atoms with van der Waals surface area (Å²) in [6, 6.07) is 15.7. The number of hydrogen-bond donors (Lipinski definition) is 4. The molecule has 0 fully saturated rings. The maximum absolute atomic E-state index is 14.3. The number of aryl methyl sites for hydroxylation is 2. The van der Waals surface area contributed by atoms with Crippen LogP contribution in [0.1, 0.15) is 36.3 Å². The molecule has 0 saturated heterocycles. The van der Waals surface area contributed by atoms with Gasteiger partial charge in [0.2, 0.25) is 11.9 Å². The fourth-order valence-corrected chi connectivity index (χ4v) is 5.64. The van der Waals surface area contributed by atoms with Crippen LogP contribution < -0.4 is 15.8 Å². The largest absolute Gasteiger partial charge is 0.481 e. The topological polar surface area (TPSA) is 169 Å². The van der Waals surface area contributed by atoms with Gasteiger partial charge in [-0.25, -0.2) is 4.98 Å². The molecule has 2 heterocycles. The first-order chi connectivity index (χ1) is 21.5. The molecule has 0 aliphatic carbocycles. The van der Waals surface area contributed by atoms with E-state index in [9.17, 15) is 24.3 Å². The molecule has 0 spiro atoms. The summed E-state index contributed by atoms with van der Waals surface area (Å²) in [5.41, 5.74) is 8.63. The third-order valence-electron chi connectivity index (χ3n) is 7.95. The number of hydrogen-bond acceptors (Lipinski definition) is 7. The lowest BCUT2D eigenvalue weighted by atomic mass is 9.91. The van der Waals surface area contributed by atoms with Crippen molar-refractivity contribution in [2.24, 2.45) is 18.7 Å². The molecule has 11 heteroatoms. The molecule has 5 aromatic rings. The summed E-state index contributed by atoms with van der Waals surface area (Å²) in [6.45, 7) is 5.31. The standard InChI is InChI=1S/C34H35N5O6/c1-18(2)28(38-34(44)29-19(3)22-10-7-8-12-25(22)39(29)4)31(43)32(30(42)24(35)17-27(40)41)45-26-16-21(33-36-13-14-37-33)15-20-9-5-6-11-23(20)26/h5-16,18,24,28,32H,17,35H2,1-4H3,(H,36,37)(H,38,44)(H,40,41)/t24?,28-,32?/m0/s1. The highest BCUT2D eigenvalue weighted by atomic mass is 16.5. The molecule has 0 bridgehead atoms. The van der Waals surface area contributed by atoms with Gasteiger partial charge in [0.05, 0.1) is 18.5 Å². The Bertz CT molecular complexity index is 1870. The van der Waals surface area contributed by atoms with Crippen LogP contribution in [0.4, 0.5) is 0 Å². The van der Waals surface area contributed by atoms with E-state index in [0.717, 1.165) is 21.9 Å². The minimum atomic E-state index is -1.81. The number of nitrogens with one attached hydrogen (secondary N) is 2. The molecular weight excluding hydrogens is 574 g/mol. The van der Waals surface area contributed by atoms with Gasteiger partial charge in [0.1, 0.15) is 17.3 Å². The summed E-state index contributed by atoms with van der Waals surface area (Å²) < 4.78 is 8.00. The van der Waals surface area contributed by atoms with Crippen LogP contribution in [-0.4, -0.2) is 61.3 Å². The zero-order chi connectivity index (χ0) is 32.4. The predicted molar refractivity (Wildman–Crippen MR) is 170 cm³/mol. The first-order valence-electron chi connectivity index (χ1n) is 14.6. The summed E-state index contributed by atoms with van der Waals surface area (Å²) in [5.74, 6) is -3.16. The number of benzene rings is 3. The number of amides is 1. The summed E-state index contributed by atoms with van der Waals surface area (Å²) >= 11 is 0. The highest BCUT2D eigenvalue weighted by Crippen LogP contribution is 2.33. The SMILES string of the molecule is Cc1c(C(=O)N[C@H](C(=O)C(Oc2cc(-c3ncc[nH]3)cc3ccccc23)C(=O)C(N)CC(=O)O)C(C)C)n(C)c2ccccc12. The number of carbonyl (C=O) groups is 4. The Balaban J connectivity index is 1.55. The van der Waals surface area contributed by atoms with Crippen molar-refractivity contribution in [2.75, 3.05) is 0 Å². The van der Waals surface area contributed by atoms with Gasteiger partial charge in [-0.2, -0.15) is 0 Å². The average Bonchev–Trinajstić information content (AvgIpc) is 3.64. The molecule has 2 unspecified atom stereocenters. The fourth-order valence-electron chi connectivity index (χ4n) is 5.64. The summed E-state index contributed by atoms with van der Waals surface area (Å²) in [4.78, 5) is 60.6. The van der Waals surface area contributed by atoms with E-state index in [1.165, 1.54) is 0 Å². The van der Waals surface area contributed by atoms with Crippen LogP contribution in [0, 0.1) is 12.8 Å². The van der Waals surface area contributed by atoms with Gasteiger partial charge in [0, 0.05) is 41.3 Å². The number of para-hydroxylation sites is 1. The van der Waals surface area contributed by atoms with Crippen LogP contribution >= 0.6 is 0 Å². The lowest BCUT2D eigenvalue weighted by molar-refractivity contribution is -0.143. The number of carbonyl (C=O) groups excluding carboxylic acids is 3. The normalized spacial score (nSPS) is 13.5. The molecule has 0 saturated carbocycles. The summed E-state index contributed by atoms with van der Waals surface area (Å²) in [7, 11) is 1.77. The number of rotatable bonds is 12. The Morgan fingerprint density at radius 1 is 1.02 bits per heavy atom. The number of H-pyrrole nitrogens is 1. The number of nitrogens with two attached hydrogens (primary N) is 1. The zero-order valence-corrected chi connectivity index (χ0v) is 25.4. The van der Waals surface area contributed by atoms with Crippen molar-refractivity contribution in [2.45, 2.75) is 45.4 Å². The minimum Gasteiger partial charge on any atom is -0.481 e. The van der Waals surface area contributed by atoms with Crippen molar-refractivity contribution in [1.29, 1.82) is 0 Å². The Morgan fingerprint density at radius 3 is 2.36 bits per heavy atom. The first-order valence-corrected chi connectivity index (χ1v) is 14.6. The maximum atomic E-state index is 14.3. The van der Waals surface area contributed by atoms with Gasteiger partial charge in [-0.3, -0.25) is 19.2 Å². The van der Waals surface area contributed by atoms with E-state index in [4.69, 9.17) is 10.5 Å². The van der Waals surface area contributed by atoms with Gasteiger partial charge in [-0.05, 0) is 42.0 Å². The molecule has 5 rings (SSSR count). The molecule has 45 heavy (non-hydrogen) atoms. The second-order valence-electron chi connectivity index (χ2n) is 11.4.